The molecule has 0 bridgehead atoms. The molecule has 206 valence electrons. The van der Waals surface area contributed by atoms with Crippen LogP contribution in [0.15, 0.2) is 113 Å². The molecule has 1 N–H and O–H groups in total. The Labute approximate surface area is 247 Å². The van der Waals surface area contributed by atoms with Crippen LogP contribution in [0, 0.1) is 0 Å². The third-order valence-corrected chi connectivity index (χ3v) is 7.09. The average Bonchev–Trinajstić information content (AvgIpc) is 3.44. The van der Waals surface area contributed by atoms with E-state index in [1.54, 1.807) is 31.5 Å². The average molecular weight is 584 g/mol. The van der Waals surface area contributed by atoms with E-state index in [4.69, 9.17) is 21.1 Å². The third kappa shape index (κ3) is 7.33. The quantitative estimate of drug-likeness (QED) is 0.110. The van der Waals surface area contributed by atoms with Crippen LogP contribution < -0.4 is 14.9 Å². The number of aromatic nitrogens is 3. The molecule has 4 aromatic carbocycles. The van der Waals surface area contributed by atoms with Crippen molar-refractivity contribution in [2.45, 2.75) is 11.8 Å². The number of carbonyl (C=O) groups excluding carboxylic acids is 1. The summed E-state index contributed by atoms with van der Waals surface area (Å²) in [6, 6.07) is 32.4. The number of thioether (sulfide) groups is 1. The molecule has 5 rings (SSSR count). The zero-order valence-corrected chi connectivity index (χ0v) is 23.7. The van der Waals surface area contributed by atoms with E-state index < -0.39 is 0 Å². The Morgan fingerprint density at radius 2 is 1.68 bits per heavy atom. The molecule has 1 heterocycles. The summed E-state index contributed by atoms with van der Waals surface area (Å²) < 4.78 is 13.3. The van der Waals surface area contributed by atoms with Crippen molar-refractivity contribution in [3.63, 3.8) is 0 Å². The van der Waals surface area contributed by atoms with Gasteiger partial charge in [-0.1, -0.05) is 84.0 Å². The Morgan fingerprint density at radius 1 is 0.951 bits per heavy atom. The summed E-state index contributed by atoms with van der Waals surface area (Å²) in [6.45, 7) is 0.401. The highest BCUT2D eigenvalue weighted by atomic mass is 35.5. The number of methoxy groups -OCH3 is 1. The highest BCUT2D eigenvalue weighted by molar-refractivity contribution is 7.99. The summed E-state index contributed by atoms with van der Waals surface area (Å²) in [7, 11) is 1.59. The van der Waals surface area contributed by atoms with E-state index in [9.17, 15) is 4.79 Å². The van der Waals surface area contributed by atoms with Crippen molar-refractivity contribution in [1.29, 1.82) is 0 Å². The number of hydrogen-bond donors (Lipinski definition) is 1. The summed E-state index contributed by atoms with van der Waals surface area (Å²) in [4.78, 5) is 12.6. The van der Waals surface area contributed by atoms with Crippen LogP contribution >= 0.6 is 23.4 Å². The molecule has 0 saturated heterocycles. The van der Waals surface area contributed by atoms with Crippen LogP contribution in [-0.4, -0.2) is 39.7 Å². The Bertz CT molecular complexity index is 1630. The molecular weight excluding hydrogens is 558 g/mol. The summed E-state index contributed by atoms with van der Waals surface area (Å²) in [5.74, 6) is 1.66. The molecular formula is C31H26ClN5O3S. The van der Waals surface area contributed by atoms with Crippen LogP contribution in [0.1, 0.15) is 11.1 Å². The van der Waals surface area contributed by atoms with E-state index in [-0.39, 0.29) is 11.7 Å². The minimum absolute atomic E-state index is 0.0892. The van der Waals surface area contributed by atoms with Gasteiger partial charge in [-0.05, 0) is 53.6 Å². The number of benzene rings is 4. The highest BCUT2D eigenvalue weighted by Crippen LogP contribution is 2.29. The van der Waals surface area contributed by atoms with Gasteiger partial charge in [0.25, 0.3) is 5.91 Å². The van der Waals surface area contributed by atoms with E-state index >= 15 is 0 Å². The Kier molecular flexibility index (Phi) is 9.30. The van der Waals surface area contributed by atoms with Gasteiger partial charge in [-0.3, -0.25) is 9.36 Å². The summed E-state index contributed by atoms with van der Waals surface area (Å²) in [5.41, 5.74) is 6.11. The van der Waals surface area contributed by atoms with Crippen LogP contribution in [-0.2, 0) is 11.4 Å². The fraction of sp³-hybridized carbons (Fsp3) is 0.0968. The van der Waals surface area contributed by atoms with Gasteiger partial charge in [0.1, 0.15) is 6.61 Å². The van der Waals surface area contributed by atoms with Crippen molar-refractivity contribution >= 4 is 35.5 Å². The largest absolute Gasteiger partial charge is 0.493 e. The first-order valence-corrected chi connectivity index (χ1v) is 14.0. The summed E-state index contributed by atoms with van der Waals surface area (Å²) in [5, 5.41) is 14.1. The van der Waals surface area contributed by atoms with Gasteiger partial charge < -0.3 is 9.47 Å². The molecule has 0 radical (unpaired) electrons. The number of hydrogen-bond acceptors (Lipinski definition) is 7. The monoisotopic (exact) mass is 583 g/mol. The standard InChI is InChI=1S/C31H26ClN5O3S/c1-39-27-17-12-23(18-28(27)40-20-22-8-4-2-5-9-22)19-33-34-29(38)21-41-31-36-35-30(24-10-6-3-7-11-24)37(31)26-15-13-25(32)14-16-26/h2-19H,20-21H2,1H3,(H,34,38)/b33-19+. The van der Waals surface area contributed by atoms with Gasteiger partial charge in [-0.25, -0.2) is 5.43 Å². The number of halogens is 1. The van der Waals surface area contributed by atoms with Crippen molar-refractivity contribution in [2.75, 3.05) is 12.9 Å². The van der Waals surface area contributed by atoms with Crippen LogP contribution in [0.3, 0.4) is 0 Å². The molecule has 1 aromatic heterocycles. The van der Waals surface area contributed by atoms with Gasteiger partial charge in [0.2, 0.25) is 0 Å². The summed E-state index contributed by atoms with van der Waals surface area (Å²) >= 11 is 7.37. The molecule has 0 atom stereocenters. The fourth-order valence-electron chi connectivity index (χ4n) is 3.92. The normalized spacial score (nSPS) is 11.0. The number of hydrazone groups is 1. The molecule has 0 spiro atoms. The lowest BCUT2D eigenvalue weighted by Crippen LogP contribution is -2.20. The van der Waals surface area contributed by atoms with E-state index in [1.807, 2.05) is 89.5 Å². The second kappa shape index (κ2) is 13.6. The zero-order chi connectivity index (χ0) is 28.4. The Balaban J connectivity index is 1.24. The molecule has 10 heteroatoms. The van der Waals surface area contributed by atoms with Crippen molar-refractivity contribution in [3.05, 3.63) is 119 Å². The van der Waals surface area contributed by atoms with Crippen molar-refractivity contribution in [2.24, 2.45) is 5.10 Å². The van der Waals surface area contributed by atoms with Crippen molar-refractivity contribution in [1.82, 2.24) is 20.2 Å². The number of rotatable bonds is 11. The molecule has 0 aliphatic rings. The Morgan fingerprint density at radius 3 is 2.41 bits per heavy atom. The number of nitrogens with one attached hydrogen (secondary N) is 1. The first kappa shape index (κ1) is 27.9. The molecule has 8 nitrogen and oxygen atoms in total. The number of nitrogens with zero attached hydrogens (tertiary/aromatic N) is 4. The molecule has 0 fully saturated rings. The molecule has 0 aliphatic heterocycles. The number of carbonyl (C=O) groups is 1. The first-order chi connectivity index (χ1) is 20.1. The lowest BCUT2D eigenvalue weighted by Gasteiger charge is -2.11. The number of amides is 1. The van der Waals surface area contributed by atoms with Crippen LogP contribution in [0.25, 0.3) is 17.1 Å². The topological polar surface area (TPSA) is 90.6 Å². The predicted octanol–water partition coefficient (Wildman–Crippen LogP) is 6.42. The van der Waals surface area contributed by atoms with E-state index in [0.717, 1.165) is 22.4 Å². The van der Waals surface area contributed by atoms with Gasteiger partial charge in [0.15, 0.2) is 22.5 Å². The minimum Gasteiger partial charge on any atom is -0.493 e. The summed E-state index contributed by atoms with van der Waals surface area (Å²) in [6.07, 6.45) is 1.56. The maximum Gasteiger partial charge on any atom is 0.250 e. The highest BCUT2D eigenvalue weighted by Gasteiger charge is 2.17. The fourth-order valence-corrected chi connectivity index (χ4v) is 4.79. The Hall–Kier alpha value is -4.60. The SMILES string of the molecule is COc1ccc(/C=N/NC(=O)CSc2nnc(-c3ccccc3)n2-c2ccc(Cl)cc2)cc1OCc1ccccc1. The van der Waals surface area contributed by atoms with Crippen LogP contribution in [0.4, 0.5) is 0 Å². The van der Waals surface area contributed by atoms with E-state index in [2.05, 4.69) is 20.7 Å². The maximum absolute atomic E-state index is 12.6. The minimum atomic E-state index is -0.285. The molecule has 0 aliphatic carbocycles. The van der Waals surface area contributed by atoms with Gasteiger partial charge >= 0.3 is 0 Å². The predicted molar refractivity (Wildman–Crippen MR) is 162 cm³/mol. The first-order valence-electron chi connectivity index (χ1n) is 12.7. The van der Waals surface area contributed by atoms with Gasteiger partial charge in [-0.2, -0.15) is 5.10 Å². The van der Waals surface area contributed by atoms with Gasteiger partial charge in [0.05, 0.1) is 19.1 Å². The van der Waals surface area contributed by atoms with E-state index in [0.29, 0.717) is 34.1 Å². The molecule has 0 saturated carbocycles. The molecule has 1 amide bonds. The maximum atomic E-state index is 12.6. The van der Waals surface area contributed by atoms with E-state index in [1.165, 1.54) is 11.8 Å². The lowest BCUT2D eigenvalue weighted by molar-refractivity contribution is -0.118. The number of ether oxygens (including phenoxy) is 2. The zero-order valence-electron chi connectivity index (χ0n) is 22.1. The van der Waals surface area contributed by atoms with Crippen molar-refractivity contribution in [3.8, 4) is 28.6 Å². The van der Waals surface area contributed by atoms with Crippen molar-refractivity contribution < 1.29 is 14.3 Å². The van der Waals surface area contributed by atoms with Gasteiger partial charge in [0, 0.05) is 16.3 Å². The third-order valence-electron chi connectivity index (χ3n) is 5.91. The second-order valence-corrected chi connectivity index (χ2v) is 10.1. The van der Waals surface area contributed by atoms with Crippen LogP contribution in [0.5, 0.6) is 11.5 Å². The van der Waals surface area contributed by atoms with Gasteiger partial charge in [-0.15, -0.1) is 10.2 Å². The smallest absolute Gasteiger partial charge is 0.250 e. The molecule has 41 heavy (non-hydrogen) atoms. The molecule has 5 aromatic rings. The second-order valence-electron chi connectivity index (χ2n) is 8.75. The molecule has 0 unspecified atom stereocenters. The lowest BCUT2D eigenvalue weighted by atomic mass is 10.2. The van der Waals surface area contributed by atoms with Crippen LogP contribution in [0.2, 0.25) is 5.02 Å².